The first-order valence-corrected chi connectivity index (χ1v) is 22.3. The molecule has 1 aliphatic carbocycles. The minimum atomic E-state index is -1.98. The molecule has 0 heterocycles. The molecule has 0 aromatic heterocycles. The Hall–Kier alpha value is -1.32. The van der Waals surface area contributed by atoms with Gasteiger partial charge in [-0.2, -0.15) is 0 Å². The van der Waals surface area contributed by atoms with Crippen molar-refractivity contribution in [1.82, 2.24) is 0 Å². The van der Waals surface area contributed by atoms with Crippen LogP contribution in [-0.4, -0.2) is 41.7 Å². The maximum absolute atomic E-state index is 14.7. The average Bonchev–Trinajstić information content (AvgIpc) is 2.99. The molecule has 1 aliphatic rings. The summed E-state index contributed by atoms with van der Waals surface area (Å²) in [6.07, 6.45) is 7.72. The summed E-state index contributed by atoms with van der Waals surface area (Å²) in [6, 6.07) is 13.5. The van der Waals surface area contributed by atoms with Gasteiger partial charge in [0.2, 0.25) is 0 Å². The molecule has 3 atom stereocenters. The number of ketones is 1. The van der Waals surface area contributed by atoms with Crippen LogP contribution in [0.4, 0.5) is 0 Å². The maximum Gasteiger partial charge on any atom is 0.200 e. The molecule has 0 bridgehead atoms. The summed E-state index contributed by atoms with van der Waals surface area (Å²) in [7, 11) is -3.95. The predicted molar refractivity (Wildman–Crippen MR) is 193 cm³/mol. The summed E-state index contributed by atoms with van der Waals surface area (Å²) in [5.74, 6) is 0.371. The van der Waals surface area contributed by atoms with E-state index in [-0.39, 0.29) is 12.0 Å². The van der Waals surface area contributed by atoms with Gasteiger partial charge >= 0.3 is 0 Å². The third-order valence-corrected chi connectivity index (χ3v) is 21.6. The number of carbonyl (C=O) groups is 1. The zero-order chi connectivity index (χ0) is 33.0. The van der Waals surface area contributed by atoms with Crippen molar-refractivity contribution in [2.24, 2.45) is 11.3 Å². The van der Waals surface area contributed by atoms with E-state index in [1.165, 1.54) is 11.1 Å². The molecule has 4 nitrogen and oxygen atoms in total. The van der Waals surface area contributed by atoms with Crippen LogP contribution in [0.2, 0.25) is 34.8 Å². The van der Waals surface area contributed by atoms with Gasteiger partial charge in [-0.25, -0.2) is 0 Å². The van der Waals surface area contributed by atoms with Gasteiger partial charge in [-0.3, -0.25) is 4.79 Å². The van der Waals surface area contributed by atoms with Crippen LogP contribution in [0.3, 0.4) is 0 Å². The summed E-state index contributed by atoms with van der Waals surface area (Å²) in [5.41, 5.74) is 3.47. The van der Waals surface area contributed by atoms with Crippen molar-refractivity contribution in [1.29, 1.82) is 0 Å². The molecule has 0 spiro atoms. The Morgan fingerprint density at radius 2 is 1.57 bits per heavy atom. The zero-order valence-electron chi connectivity index (χ0n) is 30.0. The fraction of sp³-hybridized carbons (Fsp3) is 0.711. The lowest BCUT2D eigenvalue weighted by molar-refractivity contribution is -0.140. The van der Waals surface area contributed by atoms with Crippen LogP contribution in [0.15, 0.2) is 54.6 Å². The largest absolute Gasteiger partial charge is 0.416 e. The van der Waals surface area contributed by atoms with Gasteiger partial charge in [0.05, 0.1) is 18.1 Å². The van der Waals surface area contributed by atoms with E-state index in [2.05, 4.69) is 94.0 Å². The van der Waals surface area contributed by atoms with Crippen LogP contribution in [-0.2, 0) is 25.0 Å². The second kappa shape index (κ2) is 18.1. The van der Waals surface area contributed by atoms with Gasteiger partial charge in [0.1, 0.15) is 5.78 Å². The molecule has 0 unspecified atom stereocenters. The van der Waals surface area contributed by atoms with Crippen LogP contribution >= 0.6 is 0 Å². The van der Waals surface area contributed by atoms with Gasteiger partial charge in [-0.1, -0.05) is 110 Å². The molecule has 0 saturated heterocycles. The second-order valence-electron chi connectivity index (χ2n) is 14.2. The quantitative estimate of drug-likeness (QED) is 0.0760. The topological polar surface area (TPSA) is 44.8 Å². The Morgan fingerprint density at radius 3 is 2.09 bits per heavy atom. The van der Waals surface area contributed by atoms with Crippen LogP contribution in [0.5, 0.6) is 0 Å². The van der Waals surface area contributed by atoms with Gasteiger partial charge in [0.25, 0.3) is 0 Å². The van der Waals surface area contributed by atoms with Crippen LogP contribution in [0.1, 0.15) is 107 Å². The molecule has 0 aliphatic heterocycles. The van der Waals surface area contributed by atoms with Gasteiger partial charge in [0.15, 0.2) is 16.6 Å². The highest BCUT2D eigenvalue weighted by Crippen LogP contribution is 2.50. The van der Waals surface area contributed by atoms with Crippen molar-refractivity contribution < 1.29 is 18.4 Å². The molecular weight excluding hydrogens is 577 g/mol. The number of allylic oxidation sites excluding steroid dienone is 2. The van der Waals surface area contributed by atoms with E-state index in [4.69, 9.17) is 13.6 Å². The summed E-state index contributed by atoms with van der Waals surface area (Å²) < 4.78 is 20.4. The first-order valence-electron chi connectivity index (χ1n) is 17.6. The SMILES string of the molecule is C=CC[C@]1(C(=O)CCCO[Si](C(C)C)(C(C)C)C(C)C)[C@@H](CCOCc2ccccc2)C=C(C)C[C@@H]1O[Si](CC)(CC)CC. The highest BCUT2D eigenvalue weighted by atomic mass is 28.4. The summed E-state index contributed by atoms with van der Waals surface area (Å²) in [4.78, 5) is 14.7. The van der Waals surface area contributed by atoms with Crippen LogP contribution in [0, 0.1) is 11.3 Å². The van der Waals surface area contributed by atoms with Crippen molar-refractivity contribution in [2.75, 3.05) is 13.2 Å². The van der Waals surface area contributed by atoms with Crippen molar-refractivity contribution in [2.45, 2.75) is 149 Å². The van der Waals surface area contributed by atoms with Crippen LogP contribution < -0.4 is 0 Å². The van der Waals surface area contributed by atoms with E-state index in [9.17, 15) is 4.79 Å². The fourth-order valence-electron chi connectivity index (χ4n) is 8.27. The number of rotatable bonds is 21. The van der Waals surface area contributed by atoms with Crippen molar-refractivity contribution in [3.05, 3.63) is 60.2 Å². The molecule has 0 fully saturated rings. The second-order valence-corrected chi connectivity index (χ2v) is 24.4. The molecule has 0 N–H and O–H groups in total. The third kappa shape index (κ3) is 9.15. The molecule has 0 amide bonds. The molecule has 2 rings (SSSR count). The van der Waals surface area contributed by atoms with E-state index in [0.29, 0.717) is 55.1 Å². The Morgan fingerprint density at radius 1 is 0.977 bits per heavy atom. The van der Waals surface area contributed by atoms with E-state index < -0.39 is 22.0 Å². The monoisotopic (exact) mass is 642 g/mol. The van der Waals surface area contributed by atoms with Crippen molar-refractivity contribution >= 4 is 22.4 Å². The Labute approximate surface area is 273 Å². The fourth-order valence-corrected chi connectivity index (χ4v) is 16.7. The highest BCUT2D eigenvalue weighted by molar-refractivity contribution is 6.77. The zero-order valence-corrected chi connectivity index (χ0v) is 32.0. The maximum atomic E-state index is 14.7. The molecular formula is C38H66O4Si2. The average molecular weight is 643 g/mol. The molecule has 44 heavy (non-hydrogen) atoms. The molecule has 1 aromatic carbocycles. The molecule has 0 saturated carbocycles. The van der Waals surface area contributed by atoms with Gasteiger partial charge in [-0.15, -0.1) is 6.58 Å². The van der Waals surface area contributed by atoms with Crippen molar-refractivity contribution in [3.8, 4) is 0 Å². The predicted octanol–water partition coefficient (Wildman–Crippen LogP) is 11.1. The van der Waals surface area contributed by atoms with Crippen molar-refractivity contribution in [3.63, 3.8) is 0 Å². The Kier molecular flexibility index (Phi) is 16.0. The van der Waals surface area contributed by atoms with E-state index in [0.717, 1.165) is 37.4 Å². The molecule has 0 radical (unpaired) electrons. The first-order chi connectivity index (χ1) is 20.9. The Balaban J connectivity index is 2.37. The van der Waals surface area contributed by atoms with E-state index >= 15 is 0 Å². The standard InChI is InChI=1S/C38H66O4Si2/c1-12-24-38(36(39)22-19-25-41-44(30(5)6,31(7)8)32(9)10)35(23-26-40-29-34-20-17-16-18-21-34)27-33(11)28-37(38)42-43(13-2,14-3)15-4/h12,16-18,20-21,27,30-32,35,37H,1,13-15,19,22-26,28-29H2,2-11H3/t35-,37-,38+/m0/s1. The Bertz CT molecular complexity index is 1000. The first kappa shape index (κ1) is 38.9. The van der Waals surface area contributed by atoms with Gasteiger partial charge in [-0.05, 0) is 78.8 Å². The number of carbonyl (C=O) groups excluding carboxylic acids is 1. The lowest BCUT2D eigenvalue weighted by Crippen LogP contribution is -2.55. The summed E-state index contributed by atoms with van der Waals surface area (Å²) in [5, 5.41) is 0. The third-order valence-electron chi connectivity index (χ3n) is 10.8. The van der Waals surface area contributed by atoms with E-state index in [1.807, 2.05) is 24.3 Å². The number of hydrogen-bond acceptors (Lipinski definition) is 4. The minimum absolute atomic E-state index is 0.0520. The van der Waals surface area contributed by atoms with Gasteiger partial charge < -0.3 is 13.6 Å². The molecule has 1 aromatic rings. The number of Topliss-reactive ketones (excluding diaryl/α,β-unsaturated/α-hetero) is 1. The van der Waals surface area contributed by atoms with Gasteiger partial charge in [0, 0.05) is 19.6 Å². The normalized spacial score (nSPS) is 21.2. The summed E-state index contributed by atoms with van der Waals surface area (Å²) >= 11 is 0. The highest BCUT2D eigenvalue weighted by Gasteiger charge is 2.53. The lowest BCUT2D eigenvalue weighted by Gasteiger charge is -2.50. The van der Waals surface area contributed by atoms with E-state index in [1.54, 1.807) is 0 Å². The molecule has 6 heteroatoms. The van der Waals surface area contributed by atoms with Crippen LogP contribution in [0.25, 0.3) is 0 Å². The lowest BCUT2D eigenvalue weighted by atomic mass is 9.60. The summed E-state index contributed by atoms with van der Waals surface area (Å²) in [6.45, 7) is 29.0. The molecule has 250 valence electrons. The number of ether oxygens (including phenoxy) is 1. The number of benzene rings is 1. The number of hydrogen-bond donors (Lipinski definition) is 0. The smallest absolute Gasteiger partial charge is 0.200 e. The minimum Gasteiger partial charge on any atom is -0.416 e.